The first kappa shape index (κ1) is 70.8. The van der Waals surface area contributed by atoms with Gasteiger partial charge in [0.2, 0.25) is 0 Å². The van der Waals surface area contributed by atoms with E-state index < -0.39 is 5.79 Å². The zero-order valence-corrected chi connectivity index (χ0v) is 57.9. The second-order valence-corrected chi connectivity index (χ2v) is 25.8. The molecule has 3 atom stereocenters. The van der Waals surface area contributed by atoms with Gasteiger partial charge in [0.1, 0.15) is 23.2 Å². The lowest BCUT2D eigenvalue weighted by Crippen LogP contribution is -2.47. The van der Waals surface area contributed by atoms with Crippen molar-refractivity contribution in [3.63, 3.8) is 0 Å². The number of Topliss-reactive ketones (excluding diaryl/α,β-unsaturated/α-hetero) is 1. The van der Waals surface area contributed by atoms with Gasteiger partial charge in [-0.3, -0.25) is 14.6 Å². The number of benzene rings is 3. The summed E-state index contributed by atoms with van der Waals surface area (Å²) in [6, 6.07) is 23.0. The van der Waals surface area contributed by atoms with E-state index in [2.05, 4.69) is 82.5 Å². The third kappa shape index (κ3) is 18.0. The molecule has 4 fully saturated rings. The largest absolute Gasteiger partial charge is 0.377 e. The molecule has 7 aliphatic heterocycles. The Morgan fingerprint density at radius 1 is 0.490 bits per heavy atom. The number of ketones is 1. The summed E-state index contributed by atoms with van der Waals surface area (Å²) in [6.45, 7) is 31.3. The maximum atomic E-state index is 11.9. The van der Waals surface area contributed by atoms with E-state index in [1.165, 1.54) is 16.7 Å². The fourth-order valence-electron chi connectivity index (χ4n) is 13.2. The lowest BCUT2D eigenvalue weighted by molar-refractivity contribution is -0.157. The van der Waals surface area contributed by atoms with Crippen LogP contribution < -0.4 is 51.9 Å². The summed E-state index contributed by atoms with van der Waals surface area (Å²) in [6.07, 6.45) is 2.63. The van der Waals surface area contributed by atoms with Gasteiger partial charge in [-0.1, -0.05) is 0 Å². The Morgan fingerprint density at radius 2 is 0.857 bits per heavy atom. The summed E-state index contributed by atoms with van der Waals surface area (Å²) in [7, 11) is 0. The first-order valence-corrected chi connectivity index (χ1v) is 34.6. The van der Waals surface area contributed by atoms with Crippen LogP contribution in [0.4, 0.5) is 48.9 Å². The molecule has 0 bridgehead atoms. The highest BCUT2D eigenvalue weighted by Gasteiger charge is 2.37. The van der Waals surface area contributed by atoms with Gasteiger partial charge < -0.3 is 75.6 Å². The van der Waals surface area contributed by atoms with E-state index in [1.54, 1.807) is 6.92 Å². The highest BCUT2D eigenvalue weighted by atomic mass is 16.7. The van der Waals surface area contributed by atoms with E-state index in [-0.39, 0.29) is 42.0 Å². The molecule has 27 heteroatoms. The van der Waals surface area contributed by atoms with Crippen molar-refractivity contribution in [1.82, 2.24) is 61.0 Å². The number of ether oxygens (including phenoxy) is 5. The van der Waals surface area contributed by atoms with E-state index in [4.69, 9.17) is 53.6 Å². The fraction of sp³-hybridized carbons (Fsp3) is 0.521. The van der Waals surface area contributed by atoms with Crippen LogP contribution in [0.1, 0.15) is 89.2 Å². The molecule has 98 heavy (non-hydrogen) atoms. The quantitative estimate of drug-likeness (QED) is 0.0502. The number of hydrogen-bond acceptors (Lipinski definition) is 21. The molecule has 0 spiro atoms. The summed E-state index contributed by atoms with van der Waals surface area (Å²) < 4.78 is 28.7. The Labute approximate surface area is 574 Å². The molecule has 27 nitrogen and oxygen atoms in total. The van der Waals surface area contributed by atoms with Gasteiger partial charge in [-0.15, -0.1) is 0 Å². The van der Waals surface area contributed by atoms with Crippen molar-refractivity contribution in [2.24, 2.45) is 0 Å². The van der Waals surface area contributed by atoms with Crippen LogP contribution in [0.2, 0.25) is 0 Å². The number of anilines is 6. The molecular formula is C71H96N18O9. The number of morpholine rings is 3. The van der Waals surface area contributed by atoms with Crippen LogP contribution in [0, 0.1) is 0 Å². The molecule has 10 heterocycles. The van der Waals surface area contributed by atoms with Crippen LogP contribution in [0.15, 0.2) is 72.8 Å². The topological polar surface area (TPSA) is 292 Å². The molecular weight excluding hydrogens is 1250 g/mol. The van der Waals surface area contributed by atoms with Gasteiger partial charge in [-0.2, -0.15) is 0 Å². The SMILES string of the molecule is CCNC(=O)Nc1ccc(-c2nc3c(c(N4CCOC[C@@H]4C)n2)CCN(CC(C)=O)C3)cc1.CCNC(=O)Nc1ccc(-c2nc3c(c(N4CCOC[C@@H]4C)n2)CCN(CC2(C)OCCO2)C3)cc1.CCNC(=O)Nc1ccc(-c2nc3c(c(N4CCOC[C@@H]4C)n2)CCNC3)cc1. The molecule has 0 radical (unpaired) electrons. The van der Waals surface area contributed by atoms with Crippen LogP contribution in [0.3, 0.4) is 0 Å². The molecule has 3 aromatic heterocycles. The Bertz CT molecular complexity index is 3710. The Hall–Kier alpha value is -8.54. The first-order chi connectivity index (χ1) is 47.5. The van der Waals surface area contributed by atoms with E-state index >= 15 is 0 Å². The molecule has 4 saturated heterocycles. The van der Waals surface area contributed by atoms with Gasteiger partial charge in [-0.25, -0.2) is 44.3 Å². The molecule has 6 aromatic rings. The highest BCUT2D eigenvalue weighted by Crippen LogP contribution is 2.36. The normalized spacial score (nSPS) is 19.8. The summed E-state index contributed by atoms with van der Waals surface area (Å²) >= 11 is 0. The Morgan fingerprint density at radius 3 is 1.23 bits per heavy atom. The average molecular weight is 1350 g/mol. The fourth-order valence-corrected chi connectivity index (χ4v) is 13.2. The lowest BCUT2D eigenvalue weighted by Gasteiger charge is -2.38. The van der Waals surface area contributed by atoms with Crippen LogP contribution >= 0.6 is 0 Å². The summed E-state index contributed by atoms with van der Waals surface area (Å²) in [4.78, 5) is 88.5. The second-order valence-electron chi connectivity index (χ2n) is 25.8. The standard InChI is InChI=1S/C26H36N6O4.C24H32N6O3.C21H28N6O2/c1-4-27-25(33)28-20-7-5-19(6-8-20)23-29-22-15-31(17-26(3)35-13-14-36-26)10-9-21(22)24(30-23)32-11-12-34-16-18(32)2;1-4-25-24(32)26-19-7-5-18(6-8-19)22-27-21-14-29(13-17(3)31)10-9-20(21)23(28-22)30-11-12-33-15-16(30)2;1-3-23-21(28)24-16-6-4-15(5-7-16)19-25-18-12-22-9-8-17(18)20(26-19)27-10-11-29-13-14(27)2/h5-8,18H,4,9-17H2,1-3H3,(H2,27,28,33);5-8,16H,4,9-15H2,1-3H3,(H2,25,26,32);4-7,14,22H,3,8-13H2,1-2H3,(H2,23,24,28)/t18-;16-;14-/m000/s1. The molecule has 13 rings (SSSR count). The predicted molar refractivity (Wildman–Crippen MR) is 378 cm³/mol. The molecule has 6 amide bonds. The zero-order chi connectivity index (χ0) is 68.7. The maximum Gasteiger partial charge on any atom is 0.319 e. The van der Waals surface area contributed by atoms with Crippen molar-refractivity contribution in [3.8, 4) is 34.2 Å². The van der Waals surface area contributed by atoms with Crippen molar-refractivity contribution in [3.05, 3.63) is 107 Å². The lowest BCUT2D eigenvalue weighted by atomic mass is 10.0. The number of fused-ring (bicyclic) bond motifs is 3. The van der Waals surface area contributed by atoms with Gasteiger partial charge >= 0.3 is 18.1 Å². The van der Waals surface area contributed by atoms with E-state index in [0.29, 0.717) is 109 Å². The summed E-state index contributed by atoms with van der Waals surface area (Å²) in [5.74, 6) is 4.65. The number of hydrogen-bond donors (Lipinski definition) is 7. The second kappa shape index (κ2) is 33.3. The first-order valence-electron chi connectivity index (χ1n) is 34.6. The number of carbonyl (C=O) groups excluding carboxylic acids is 4. The summed E-state index contributed by atoms with van der Waals surface area (Å²) in [5, 5.41) is 20.1. The van der Waals surface area contributed by atoms with Crippen LogP contribution in [0.25, 0.3) is 34.2 Å². The number of aromatic nitrogens is 6. The van der Waals surface area contributed by atoms with Crippen LogP contribution in [0.5, 0.6) is 0 Å². The van der Waals surface area contributed by atoms with Crippen molar-refractivity contribution in [2.75, 3.05) is 155 Å². The van der Waals surface area contributed by atoms with Crippen molar-refractivity contribution in [1.29, 1.82) is 0 Å². The average Bonchev–Trinajstić information content (AvgIpc) is 0.910. The van der Waals surface area contributed by atoms with Crippen molar-refractivity contribution >= 4 is 58.4 Å². The Balaban J connectivity index is 0.000000150. The number of nitrogens with zero attached hydrogens (tertiary/aromatic N) is 11. The molecule has 7 aliphatic rings. The number of carbonyl (C=O) groups is 4. The highest BCUT2D eigenvalue weighted by molar-refractivity contribution is 5.91. The molecule has 7 N–H and O–H groups in total. The minimum Gasteiger partial charge on any atom is -0.377 e. The van der Waals surface area contributed by atoms with Crippen LogP contribution in [-0.2, 0) is 67.4 Å². The number of urea groups is 3. The smallest absolute Gasteiger partial charge is 0.319 e. The van der Waals surface area contributed by atoms with Crippen molar-refractivity contribution in [2.45, 2.75) is 118 Å². The summed E-state index contributed by atoms with van der Waals surface area (Å²) in [5.41, 5.74) is 11.6. The maximum absolute atomic E-state index is 11.9. The minimum atomic E-state index is -0.568. The molecule has 524 valence electrons. The zero-order valence-electron chi connectivity index (χ0n) is 57.9. The molecule has 3 aromatic carbocycles. The van der Waals surface area contributed by atoms with Gasteiger partial charge in [0.05, 0.1) is 101 Å². The number of amides is 6. The molecule has 0 saturated carbocycles. The van der Waals surface area contributed by atoms with Gasteiger partial charge in [0.25, 0.3) is 0 Å². The monoisotopic (exact) mass is 1340 g/mol. The Kier molecular flexibility index (Phi) is 24.1. The molecule has 0 unspecified atom stereocenters. The van der Waals surface area contributed by atoms with Gasteiger partial charge in [0.15, 0.2) is 23.3 Å². The third-order valence-corrected chi connectivity index (χ3v) is 18.1. The van der Waals surface area contributed by atoms with E-state index in [0.717, 1.165) is 141 Å². The number of nitrogens with one attached hydrogen (secondary N) is 7. The van der Waals surface area contributed by atoms with Gasteiger partial charge in [0, 0.05) is 122 Å². The van der Waals surface area contributed by atoms with Gasteiger partial charge in [-0.05, 0) is 154 Å². The predicted octanol–water partition coefficient (Wildman–Crippen LogP) is 7.24. The van der Waals surface area contributed by atoms with Crippen molar-refractivity contribution < 1.29 is 42.9 Å². The molecule has 0 aliphatic carbocycles. The van der Waals surface area contributed by atoms with E-state index in [9.17, 15) is 19.2 Å². The van der Waals surface area contributed by atoms with E-state index in [1.807, 2.05) is 100 Å². The third-order valence-electron chi connectivity index (χ3n) is 18.1. The number of rotatable bonds is 16. The van der Waals surface area contributed by atoms with Crippen LogP contribution in [-0.4, -0.2) is 212 Å². The minimum absolute atomic E-state index is 0.157.